The molecule has 0 bridgehead atoms. The summed E-state index contributed by atoms with van der Waals surface area (Å²) < 4.78 is 27.2. The third kappa shape index (κ3) is 3.66. The lowest BCUT2D eigenvalue weighted by atomic mass is 10.3. The van der Waals surface area contributed by atoms with Crippen LogP contribution in [-0.4, -0.2) is 70.3 Å². The highest BCUT2D eigenvalue weighted by atomic mass is 19.3. The van der Waals surface area contributed by atoms with E-state index in [9.17, 15) is 8.78 Å². The maximum Gasteiger partial charge on any atom is 0.267 e. The smallest absolute Gasteiger partial charge is 0.267 e. The zero-order chi connectivity index (χ0) is 18.1. The first-order valence-corrected chi connectivity index (χ1v) is 8.62. The molecule has 0 unspecified atom stereocenters. The Kier molecular flexibility index (Phi) is 4.31. The number of aryl methyl sites for hydroxylation is 1. The summed E-state index contributed by atoms with van der Waals surface area (Å²) >= 11 is 0. The van der Waals surface area contributed by atoms with Crippen molar-refractivity contribution in [1.82, 2.24) is 30.5 Å². The van der Waals surface area contributed by atoms with Gasteiger partial charge in [-0.1, -0.05) is 0 Å². The van der Waals surface area contributed by atoms with E-state index < -0.39 is 5.92 Å². The molecule has 2 aromatic heterocycles. The lowest BCUT2D eigenvalue weighted by Crippen LogP contribution is -2.44. The van der Waals surface area contributed by atoms with E-state index in [0.29, 0.717) is 17.7 Å². The molecule has 0 amide bonds. The van der Waals surface area contributed by atoms with E-state index in [-0.39, 0.29) is 25.5 Å². The topological polar surface area (TPSA) is 97.9 Å². The van der Waals surface area contributed by atoms with E-state index in [0.717, 1.165) is 31.9 Å². The highest BCUT2D eigenvalue weighted by molar-refractivity contribution is 5.53. The number of halogens is 2. The van der Waals surface area contributed by atoms with Crippen LogP contribution in [0.5, 0.6) is 0 Å². The number of alkyl halides is 2. The minimum atomic E-state index is -2.71. The van der Waals surface area contributed by atoms with Gasteiger partial charge in [0.2, 0.25) is 17.8 Å². The van der Waals surface area contributed by atoms with Crippen molar-refractivity contribution in [2.24, 2.45) is 0 Å². The van der Waals surface area contributed by atoms with Crippen molar-refractivity contribution in [3.63, 3.8) is 0 Å². The van der Waals surface area contributed by atoms with Gasteiger partial charge in [-0.05, 0) is 6.92 Å². The summed E-state index contributed by atoms with van der Waals surface area (Å²) in [6.07, 6.45) is -0.191. The number of nitrogens with one attached hydrogen (secondary N) is 3. The predicted octanol–water partition coefficient (Wildman–Crippen LogP) is 0.902. The van der Waals surface area contributed by atoms with Crippen molar-refractivity contribution in [3.8, 4) is 0 Å². The van der Waals surface area contributed by atoms with Gasteiger partial charge in [0, 0.05) is 50.9 Å². The molecule has 2 saturated heterocycles. The second-order valence-electron chi connectivity index (χ2n) is 6.58. The highest BCUT2D eigenvalue weighted by Gasteiger charge is 2.39. The number of hydrogen-bond acceptors (Lipinski definition) is 8. The number of hydrogen-bond donors (Lipinski definition) is 3. The van der Waals surface area contributed by atoms with E-state index in [1.54, 1.807) is 0 Å². The lowest BCUT2D eigenvalue weighted by Gasteiger charge is -2.28. The molecule has 26 heavy (non-hydrogen) atoms. The van der Waals surface area contributed by atoms with E-state index in [4.69, 9.17) is 0 Å². The maximum absolute atomic E-state index is 13.6. The minimum Gasteiger partial charge on any atom is -0.338 e. The Bertz CT molecular complexity index is 772. The average molecular weight is 365 g/mol. The zero-order valence-electron chi connectivity index (χ0n) is 14.5. The van der Waals surface area contributed by atoms with Crippen molar-refractivity contribution >= 4 is 23.7 Å². The van der Waals surface area contributed by atoms with Crippen molar-refractivity contribution < 1.29 is 8.78 Å². The van der Waals surface area contributed by atoms with Crippen LogP contribution in [0.25, 0.3) is 0 Å². The fourth-order valence-corrected chi connectivity index (χ4v) is 3.06. The average Bonchev–Trinajstić information content (AvgIpc) is 3.20. The van der Waals surface area contributed by atoms with Gasteiger partial charge in [-0.3, -0.25) is 5.10 Å². The molecule has 2 fully saturated rings. The fraction of sp³-hybridized carbons (Fsp3) is 0.600. The Morgan fingerprint density at radius 1 is 1.08 bits per heavy atom. The summed E-state index contributed by atoms with van der Waals surface area (Å²) in [5.74, 6) is -1.10. The van der Waals surface area contributed by atoms with E-state index in [1.807, 2.05) is 17.9 Å². The summed E-state index contributed by atoms with van der Waals surface area (Å²) in [6.45, 7) is 4.88. The molecule has 3 N–H and O–H groups in total. The molecule has 0 aromatic carbocycles. The van der Waals surface area contributed by atoms with Gasteiger partial charge in [0.15, 0.2) is 5.82 Å². The van der Waals surface area contributed by atoms with Crippen LogP contribution in [0.3, 0.4) is 0 Å². The molecule has 2 aliphatic heterocycles. The molecule has 0 radical (unpaired) electrons. The largest absolute Gasteiger partial charge is 0.338 e. The first-order valence-electron chi connectivity index (χ1n) is 8.62. The lowest BCUT2D eigenvalue weighted by molar-refractivity contribution is 0.0256. The molecule has 0 atom stereocenters. The number of rotatable bonds is 4. The molecule has 11 heteroatoms. The second-order valence-corrected chi connectivity index (χ2v) is 6.58. The Hall–Kier alpha value is -2.56. The van der Waals surface area contributed by atoms with Gasteiger partial charge < -0.3 is 20.4 Å². The van der Waals surface area contributed by atoms with Gasteiger partial charge in [-0.15, -0.1) is 0 Å². The number of nitrogens with zero attached hydrogens (tertiary/aromatic N) is 6. The zero-order valence-corrected chi connectivity index (χ0v) is 14.5. The van der Waals surface area contributed by atoms with Gasteiger partial charge in [-0.2, -0.15) is 20.1 Å². The van der Waals surface area contributed by atoms with Crippen molar-refractivity contribution in [3.05, 3.63) is 11.8 Å². The summed E-state index contributed by atoms with van der Waals surface area (Å²) in [6, 6.07) is 1.82. The second kappa shape index (κ2) is 6.63. The van der Waals surface area contributed by atoms with Crippen molar-refractivity contribution in [1.29, 1.82) is 0 Å². The number of aromatic nitrogens is 5. The number of anilines is 4. The van der Waals surface area contributed by atoms with E-state index in [1.165, 1.54) is 4.90 Å². The van der Waals surface area contributed by atoms with Crippen molar-refractivity contribution in [2.45, 2.75) is 19.3 Å². The molecule has 0 spiro atoms. The minimum absolute atomic E-state index is 0.191. The van der Waals surface area contributed by atoms with Crippen LogP contribution in [0.15, 0.2) is 6.07 Å². The fourth-order valence-electron chi connectivity index (χ4n) is 3.06. The van der Waals surface area contributed by atoms with Crippen LogP contribution in [0.2, 0.25) is 0 Å². The molecule has 4 heterocycles. The Labute approximate surface area is 149 Å². The first-order chi connectivity index (χ1) is 12.5. The first kappa shape index (κ1) is 16.9. The Balaban J connectivity index is 1.64. The molecular weight excluding hydrogens is 344 g/mol. The van der Waals surface area contributed by atoms with Crippen LogP contribution in [-0.2, 0) is 0 Å². The van der Waals surface area contributed by atoms with Gasteiger partial charge in [-0.25, -0.2) is 8.78 Å². The summed E-state index contributed by atoms with van der Waals surface area (Å²) in [4.78, 5) is 16.8. The van der Waals surface area contributed by atoms with Crippen LogP contribution in [0.4, 0.5) is 32.4 Å². The third-order valence-electron chi connectivity index (χ3n) is 4.41. The van der Waals surface area contributed by atoms with Crippen LogP contribution >= 0.6 is 0 Å². The molecule has 4 rings (SSSR count). The molecule has 140 valence electrons. The Morgan fingerprint density at radius 3 is 2.42 bits per heavy atom. The molecule has 0 saturated carbocycles. The van der Waals surface area contributed by atoms with Crippen LogP contribution in [0.1, 0.15) is 12.1 Å². The van der Waals surface area contributed by atoms with Crippen molar-refractivity contribution in [2.75, 3.05) is 54.4 Å². The monoisotopic (exact) mass is 365 g/mol. The van der Waals surface area contributed by atoms with Gasteiger partial charge in [0.05, 0.1) is 6.54 Å². The molecule has 9 nitrogen and oxygen atoms in total. The third-order valence-corrected chi connectivity index (χ3v) is 4.41. The molecule has 0 aliphatic carbocycles. The number of piperazine rings is 1. The van der Waals surface area contributed by atoms with E-state index >= 15 is 0 Å². The quantitative estimate of drug-likeness (QED) is 0.735. The SMILES string of the molecule is Cc1cc(Nc2nc(N3CCNCC3)nc(N3CCC(F)(F)C3)n2)n[nH]1. The van der Waals surface area contributed by atoms with Crippen LogP contribution in [0, 0.1) is 6.92 Å². The predicted molar refractivity (Wildman–Crippen MR) is 93.3 cm³/mol. The number of H-pyrrole nitrogens is 1. The maximum atomic E-state index is 13.6. The van der Waals surface area contributed by atoms with Gasteiger partial charge in [0.25, 0.3) is 5.92 Å². The van der Waals surface area contributed by atoms with Crippen LogP contribution < -0.4 is 20.4 Å². The van der Waals surface area contributed by atoms with Gasteiger partial charge in [0.1, 0.15) is 0 Å². The van der Waals surface area contributed by atoms with Gasteiger partial charge >= 0.3 is 0 Å². The van der Waals surface area contributed by atoms with E-state index in [2.05, 4.69) is 35.8 Å². The molecule has 2 aliphatic rings. The summed E-state index contributed by atoms with van der Waals surface area (Å²) in [5, 5.41) is 13.2. The standard InChI is InChI=1S/C15H21F2N9/c1-10-8-11(24-23-10)19-12-20-13(25-6-3-18-4-7-25)22-14(21-12)26-5-2-15(16,17)9-26/h8,18H,2-7,9H2,1H3,(H2,19,20,21,22,23,24). The number of aromatic amines is 1. The molecule has 2 aromatic rings. The summed E-state index contributed by atoms with van der Waals surface area (Å²) in [5.41, 5.74) is 0.892. The molecular formula is C15H21F2N9. The highest BCUT2D eigenvalue weighted by Crippen LogP contribution is 2.30. The summed E-state index contributed by atoms with van der Waals surface area (Å²) in [7, 11) is 0. The Morgan fingerprint density at radius 2 is 1.81 bits per heavy atom. The normalized spacial score (nSPS) is 19.8.